The average molecular weight is 650 g/mol. The Morgan fingerprint density at radius 2 is 1.93 bits per heavy atom. The summed E-state index contributed by atoms with van der Waals surface area (Å²) >= 11 is 6.22. The van der Waals surface area contributed by atoms with E-state index in [0.29, 0.717) is 58.5 Å². The number of hydrogen-bond donors (Lipinski definition) is 2. The van der Waals surface area contributed by atoms with Gasteiger partial charge in [0.05, 0.1) is 23.9 Å². The van der Waals surface area contributed by atoms with Gasteiger partial charge in [0.2, 0.25) is 5.91 Å². The van der Waals surface area contributed by atoms with E-state index in [1.807, 2.05) is 6.07 Å². The summed E-state index contributed by atoms with van der Waals surface area (Å²) in [5, 5.41) is 6.26. The van der Waals surface area contributed by atoms with E-state index < -0.39 is 23.9 Å². The predicted octanol–water partition coefficient (Wildman–Crippen LogP) is 3.86. The number of halogens is 2. The van der Waals surface area contributed by atoms with Gasteiger partial charge >= 0.3 is 0 Å². The molecule has 4 bridgehead atoms. The summed E-state index contributed by atoms with van der Waals surface area (Å²) in [7, 11) is 1.50. The Kier molecular flexibility index (Phi) is 8.98. The fourth-order valence-electron chi connectivity index (χ4n) is 5.83. The van der Waals surface area contributed by atoms with Crippen LogP contribution in [0.3, 0.4) is 0 Å². The lowest BCUT2D eigenvalue weighted by molar-refractivity contribution is -0.125. The second-order valence-electron chi connectivity index (χ2n) is 11.3. The number of amides is 3. The topological polar surface area (TPSA) is 124 Å². The van der Waals surface area contributed by atoms with Crippen molar-refractivity contribution in [2.24, 2.45) is 0 Å². The Bertz CT molecular complexity index is 1810. The fourth-order valence-corrected chi connectivity index (χ4v) is 5.99. The Morgan fingerprint density at radius 1 is 1.09 bits per heavy atom. The molecule has 0 radical (unpaired) electrons. The van der Waals surface area contributed by atoms with E-state index in [0.717, 1.165) is 5.56 Å². The van der Waals surface area contributed by atoms with Gasteiger partial charge in [-0.2, -0.15) is 0 Å². The van der Waals surface area contributed by atoms with Gasteiger partial charge in [-0.25, -0.2) is 9.37 Å². The first-order valence-corrected chi connectivity index (χ1v) is 15.3. The van der Waals surface area contributed by atoms with Crippen LogP contribution < -0.4 is 24.8 Å². The molecule has 3 amide bonds. The van der Waals surface area contributed by atoms with Gasteiger partial charge in [0.15, 0.2) is 18.1 Å². The molecular weight excluding hydrogens is 617 g/mol. The second-order valence-corrected chi connectivity index (χ2v) is 11.8. The number of aromatic nitrogens is 2. The van der Waals surface area contributed by atoms with Crippen molar-refractivity contribution in [1.82, 2.24) is 24.9 Å². The van der Waals surface area contributed by atoms with Crippen LogP contribution in [0.4, 0.5) is 4.39 Å². The lowest BCUT2D eigenvalue weighted by atomic mass is 10.0. The third-order valence-electron chi connectivity index (χ3n) is 8.08. The van der Waals surface area contributed by atoms with Crippen LogP contribution in [0.25, 0.3) is 5.65 Å². The number of pyridine rings is 1. The van der Waals surface area contributed by atoms with E-state index in [4.69, 9.17) is 25.8 Å². The molecule has 2 aliphatic rings. The number of nitrogens with one attached hydrogen (secondary N) is 2. The highest BCUT2D eigenvalue weighted by molar-refractivity contribution is 6.30. The van der Waals surface area contributed by atoms with Crippen molar-refractivity contribution >= 4 is 35.0 Å². The molecule has 2 N–H and O–H groups in total. The Morgan fingerprint density at radius 3 is 2.76 bits per heavy atom. The van der Waals surface area contributed by atoms with Crippen LogP contribution in [0.15, 0.2) is 54.7 Å². The second kappa shape index (κ2) is 13.3. The van der Waals surface area contributed by atoms with Crippen LogP contribution in [0.5, 0.6) is 17.2 Å². The van der Waals surface area contributed by atoms with Crippen molar-refractivity contribution in [2.75, 3.05) is 26.8 Å². The van der Waals surface area contributed by atoms with Gasteiger partial charge < -0.3 is 29.7 Å². The number of likely N-dealkylation sites (tertiary alicyclic amines) is 1. The molecule has 2 aromatic carbocycles. The standard InChI is InChI=1S/C33H33ClFN5O6/c1-19-32(40-16-22(34)5-7-29(40)37-19)33(43)39-10-9-26-25(17-39)38-31(42)18-45-28-13-20(3-6-27(28)44-2)4-8-30(41)36-15-21-11-23(35)14-24(12-21)46-26/h3,5-7,11-14,16,25-26H,4,8-10,15,17-18H2,1-2H3,(H,36,41)(H,38,42)/t25-,26-/m1/s1. The molecule has 1 saturated heterocycles. The van der Waals surface area contributed by atoms with Gasteiger partial charge in [-0.05, 0) is 60.9 Å². The van der Waals surface area contributed by atoms with Crippen LogP contribution in [0, 0.1) is 12.7 Å². The maximum absolute atomic E-state index is 14.7. The lowest BCUT2D eigenvalue weighted by Crippen LogP contribution is -2.58. The zero-order valence-electron chi connectivity index (χ0n) is 25.3. The van der Waals surface area contributed by atoms with Gasteiger partial charge in [-0.15, -0.1) is 0 Å². The quantitative estimate of drug-likeness (QED) is 0.338. The summed E-state index contributed by atoms with van der Waals surface area (Å²) in [6, 6.07) is 12.3. The van der Waals surface area contributed by atoms with Gasteiger partial charge in [0.25, 0.3) is 11.8 Å². The molecule has 0 saturated carbocycles. The van der Waals surface area contributed by atoms with Crippen molar-refractivity contribution in [2.45, 2.75) is 44.9 Å². The van der Waals surface area contributed by atoms with Crippen molar-refractivity contribution in [3.05, 3.63) is 88.1 Å². The minimum atomic E-state index is -0.671. The third kappa shape index (κ3) is 6.86. The van der Waals surface area contributed by atoms with Crippen LogP contribution >= 0.6 is 11.6 Å². The number of aryl methyl sites for hydroxylation is 2. The number of carbonyl (C=O) groups excluding carboxylic acids is 3. The van der Waals surface area contributed by atoms with E-state index in [-0.39, 0.29) is 43.7 Å². The lowest BCUT2D eigenvalue weighted by Gasteiger charge is -2.38. The number of imidazole rings is 1. The smallest absolute Gasteiger partial charge is 0.272 e. The fraction of sp³-hybridized carbons (Fsp3) is 0.333. The molecule has 1 fully saturated rings. The average Bonchev–Trinajstić information content (AvgIpc) is 3.36. The van der Waals surface area contributed by atoms with Crippen molar-refractivity contribution in [3.63, 3.8) is 0 Å². The Balaban J connectivity index is 1.29. The van der Waals surface area contributed by atoms with Crippen LogP contribution in [0.1, 0.15) is 40.2 Å². The van der Waals surface area contributed by atoms with Crippen molar-refractivity contribution in [1.29, 1.82) is 0 Å². The first kappa shape index (κ1) is 31.2. The normalized spacial score (nSPS) is 19.1. The van der Waals surface area contributed by atoms with Gasteiger partial charge in [-0.1, -0.05) is 17.7 Å². The number of benzene rings is 2. The highest BCUT2D eigenvalue weighted by Crippen LogP contribution is 2.29. The molecule has 2 aliphatic heterocycles. The number of piperidine rings is 1. The summed E-state index contributed by atoms with van der Waals surface area (Å²) in [5.74, 6) is -0.402. The Labute approximate surface area is 269 Å². The molecule has 0 aliphatic carbocycles. The molecule has 6 rings (SSSR count). The highest BCUT2D eigenvalue weighted by Gasteiger charge is 2.36. The SMILES string of the molecule is COc1ccc2cc1OCC(=O)N[C@@H]1CN(C(=O)c3c(C)nc4ccc(Cl)cn34)CC[C@H]1Oc1cc(F)cc(c1)CNC(=O)CC2. The van der Waals surface area contributed by atoms with E-state index in [1.165, 1.54) is 19.2 Å². The monoisotopic (exact) mass is 649 g/mol. The third-order valence-corrected chi connectivity index (χ3v) is 8.30. The maximum Gasteiger partial charge on any atom is 0.272 e. The molecule has 2 atom stereocenters. The number of ether oxygens (including phenoxy) is 3. The van der Waals surface area contributed by atoms with Crippen LogP contribution in [-0.2, 0) is 22.6 Å². The highest BCUT2D eigenvalue weighted by atomic mass is 35.5. The summed E-state index contributed by atoms with van der Waals surface area (Å²) < 4.78 is 33.9. The summed E-state index contributed by atoms with van der Waals surface area (Å²) in [6.45, 7) is 1.94. The van der Waals surface area contributed by atoms with E-state index in [2.05, 4.69) is 15.6 Å². The van der Waals surface area contributed by atoms with Crippen molar-refractivity contribution in [3.8, 4) is 17.2 Å². The number of methoxy groups -OCH3 is 1. The zero-order chi connectivity index (χ0) is 32.4. The van der Waals surface area contributed by atoms with Crippen molar-refractivity contribution < 1.29 is 33.0 Å². The van der Waals surface area contributed by atoms with Gasteiger partial charge in [0, 0.05) is 44.7 Å². The van der Waals surface area contributed by atoms with Gasteiger partial charge in [-0.3, -0.25) is 18.8 Å². The number of rotatable bonds is 2. The van der Waals surface area contributed by atoms with E-state index in [9.17, 15) is 18.8 Å². The molecule has 2 aromatic heterocycles. The van der Waals surface area contributed by atoms with E-state index in [1.54, 1.807) is 52.8 Å². The number of nitrogens with zero attached hydrogens (tertiary/aromatic N) is 3. The maximum atomic E-state index is 14.7. The molecule has 4 aromatic rings. The predicted molar refractivity (Wildman–Crippen MR) is 167 cm³/mol. The van der Waals surface area contributed by atoms with Crippen LogP contribution in [0.2, 0.25) is 5.02 Å². The zero-order valence-corrected chi connectivity index (χ0v) is 26.1. The number of hydrogen-bond acceptors (Lipinski definition) is 7. The minimum Gasteiger partial charge on any atom is -0.493 e. The minimum absolute atomic E-state index is 0.111. The molecule has 13 heteroatoms. The molecule has 46 heavy (non-hydrogen) atoms. The van der Waals surface area contributed by atoms with Crippen LogP contribution in [-0.4, -0.2) is 71.0 Å². The summed E-state index contributed by atoms with van der Waals surface area (Å²) in [5.41, 5.74) is 2.85. The van der Waals surface area contributed by atoms with E-state index >= 15 is 0 Å². The largest absolute Gasteiger partial charge is 0.493 e. The molecular formula is C33H33ClFN5O6. The first-order chi connectivity index (χ1) is 22.2. The van der Waals surface area contributed by atoms with Gasteiger partial charge in [0.1, 0.15) is 29.0 Å². The summed E-state index contributed by atoms with van der Waals surface area (Å²) in [4.78, 5) is 45.9. The first-order valence-electron chi connectivity index (χ1n) is 14.9. The molecule has 11 nitrogen and oxygen atoms in total. The number of fused-ring (bicyclic) bond motifs is 6. The molecule has 240 valence electrons. The Hall–Kier alpha value is -4.84. The molecule has 0 unspecified atom stereocenters. The summed E-state index contributed by atoms with van der Waals surface area (Å²) in [6.07, 6.45) is 1.99. The molecule has 4 heterocycles. The molecule has 0 spiro atoms. The number of carbonyl (C=O) groups is 3.